The first-order chi connectivity index (χ1) is 10.6. The first-order valence-electron chi connectivity index (χ1n) is 8.46. The van der Waals surface area contributed by atoms with Crippen LogP contribution in [0.1, 0.15) is 75.8 Å². The monoisotopic (exact) mass is 305 g/mol. The number of benzene rings is 1. The number of rotatable bonds is 5. The van der Waals surface area contributed by atoms with Gasteiger partial charge < -0.3 is 0 Å². The third kappa shape index (κ3) is 3.66. The van der Waals surface area contributed by atoms with E-state index in [9.17, 15) is 8.78 Å². The van der Waals surface area contributed by atoms with Gasteiger partial charge >= 0.3 is 0 Å². The highest BCUT2D eigenvalue weighted by Gasteiger charge is 2.28. The van der Waals surface area contributed by atoms with Gasteiger partial charge in [-0.05, 0) is 42.2 Å². The lowest BCUT2D eigenvalue weighted by molar-refractivity contribution is 0.234. The molecule has 0 bridgehead atoms. The summed E-state index contributed by atoms with van der Waals surface area (Å²) in [4.78, 5) is 0. The van der Waals surface area contributed by atoms with Gasteiger partial charge in [0.25, 0.3) is 0 Å². The maximum atomic E-state index is 14.2. The SMILES string of the molecule is CCCCC1CCC(C(C)c2ccc(C#N)c(F)c2F)CC1. The average molecular weight is 305 g/mol. The van der Waals surface area contributed by atoms with Gasteiger partial charge in [-0.25, -0.2) is 8.78 Å². The molecule has 0 N–H and O–H groups in total. The van der Waals surface area contributed by atoms with Gasteiger partial charge in [0.05, 0.1) is 5.56 Å². The molecule has 1 unspecified atom stereocenters. The highest BCUT2D eigenvalue weighted by Crippen LogP contribution is 2.40. The van der Waals surface area contributed by atoms with E-state index in [0.29, 0.717) is 11.5 Å². The molecule has 3 heteroatoms. The molecule has 0 amide bonds. The fourth-order valence-corrected chi connectivity index (χ4v) is 3.73. The maximum Gasteiger partial charge on any atom is 0.176 e. The molecule has 1 atom stereocenters. The summed E-state index contributed by atoms with van der Waals surface area (Å²) in [6.07, 6.45) is 8.43. The summed E-state index contributed by atoms with van der Waals surface area (Å²) in [6, 6.07) is 4.68. The number of nitrogens with zero attached hydrogens (tertiary/aromatic N) is 1. The number of hydrogen-bond donors (Lipinski definition) is 0. The van der Waals surface area contributed by atoms with Gasteiger partial charge in [-0.2, -0.15) is 5.26 Å². The van der Waals surface area contributed by atoms with Gasteiger partial charge in [0.2, 0.25) is 0 Å². The lowest BCUT2D eigenvalue weighted by Crippen LogP contribution is -2.20. The fourth-order valence-electron chi connectivity index (χ4n) is 3.73. The Labute approximate surface area is 132 Å². The molecule has 1 aromatic rings. The van der Waals surface area contributed by atoms with Gasteiger partial charge in [0.15, 0.2) is 11.6 Å². The predicted octanol–water partition coefficient (Wildman–Crippen LogP) is 5.94. The van der Waals surface area contributed by atoms with E-state index in [4.69, 9.17) is 5.26 Å². The van der Waals surface area contributed by atoms with Crippen molar-refractivity contribution in [1.82, 2.24) is 0 Å². The first kappa shape index (κ1) is 16.9. The third-order valence-electron chi connectivity index (χ3n) is 5.29. The normalized spacial score (nSPS) is 23.0. The zero-order valence-electron chi connectivity index (χ0n) is 13.5. The molecule has 0 spiro atoms. The molecular formula is C19H25F2N. The van der Waals surface area contributed by atoms with Crippen molar-refractivity contribution in [1.29, 1.82) is 5.26 Å². The average Bonchev–Trinajstić information content (AvgIpc) is 2.55. The summed E-state index contributed by atoms with van der Waals surface area (Å²) in [5.74, 6) is -0.594. The topological polar surface area (TPSA) is 23.8 Å². The lowest BCUT2D eigenvalue weighted by atomic mass is 9.73. The third-order valence-corrected chi connectivity index (χ3v) is 5.29. The molecule has 22 heavy (non-hydrogen) atoms. The van der Waals surface area contributed by atoms with E-state index >= 15 is 0 Å². The van der Waals surface area contributed by atoms with Crippen LogP contribution in [0.2, 0.25) is 0 Å². The van der Waals surface area contributed by atoms with Crippen molar-refractivity contribution in [2.75, 3.05) is 0 Å². The van der Waals surface area contributed by atoms with E-state index in [1.165, 1.54) is 38.2 Å². The highest BCUT2D eigenvalue weighted by molar-refractivity contribution is 5.36. The Morgan fingerprint density at radius 3 is 2.45 bits per heavy atom. The second kappa shape index (κ2) is 7.72. The summed E-state index contributed by atoms with van der Waals surface area (Å²) in [5.41, 5.74) is 0.213. The van der Waals surface area contributed by atoms with Crippen molar-refractivity contribution >= 4 is 0 Å². The minimum Gasteiger partial charge on any atom is -0.203 e. The van der Waals surface area contributed by atoms with Crippen LogP contribution in [-0.4, -0.2) is 0 Å². The molecule has 0 radical (unpaired) electrons. The van der Waals surface area contributed by atoms with Crippen LogP contribution in [-0.2, 0) is 0 Å². The first-order valence-corrected chi connectivity index (χ1v) is 8.46. The number of hydrogen-bond acceptors (Lipinski definition) is 1. The standard InChI is InChI=1S/C19H25F2N/c1-3-4-5-14-6-8-15(9-7-14)13(2)17-11-10-16(12-22)18(20)19(17)21/h10-11,13-15H,3-9H2,1-2H3. The Kier molecular flexibility index (Phi) is 5.94. The van der Waals surface area contributed by atoms with E-state index in [-0.39, 0.29) is 11.5 Å². The Morgan fingerprint density at radius 1 is 1.18 bits per heavy atom. The maximum absolute atomic E-state index is 14.2. The van der Waals surface area contributed by atoms with E-state index < -0.39 is 11.6 Å². The molecule has 0 saturated heterocycles. The minimum atomic E-state index is -0.997. The van der Waals surface area contributed by atoms with Gasteiger partial charge in [-0.15, -0.1) is 0 Å². The molecule has 1 nitrogen and oxygen atoms in total. The smallest absolute Gasteiger partial charge is 0.176 e. The van der Waals surface area contributed by atoms with Crippen LogP contribution < -0.4 is 0 Å². The summed E-state index contributed by atoms with van der Waals surface area (Å²) in [6.45, 7) is 4.21. The molecule has 120 valence electrons. The van der Waals surface area contributed by atoms with Crippen LogP contribution in [0.5, 0.6) is 0 Å². The Bertz CT molecular complexity index is 539. The summed E-state index contributed by atoms with van der Waals surface area (Å²) in [7, 11) is 0. The summed E-state index contributed by atoms with van der Waals surface area (Å²) >= 11 is 0. The van der Waals surface area contributed by atoms with Crippen molar-refractivity contribution in [3.63, 3.8) is 0 Å². The Hall–Kier alpha value is -1.43. The predicted molar refractivity (Wildman–Crippen MR) is 84.5 cm³/mol. The van der Waals surface area contributed by atoms with E-state index in [2.05, 4.69) is 6.92 Å². The van der Waals surface area contributed by atoms with Gasteiger partial charge in [-0.3, -0.25) is 0 Å². The molecule has 1 aromatic carbocycles. The molecule has 0 aromatic heterocycles. The molecular weight excluding hydrogens is 280 g/mol. The molecule has 0 aliphatic heterocycles. The second-order valence-electron chi connectivity index (χ2n) is 6.65. The fraction of sp³-hybridized carbons (Fsp3) is 0.632. The Morgan fingerprint density at radius 2 is 1.86 bits per heavy atom. The van der Waals surface area contributed by atoms with Crippen LogP contribution in [0, 0.1) is 34.8 Å². The van der Waals surface area contributed by atoms with Gasteiger partial charge in [-0.1, -0.05) is 52.0 Å². The number of nitriles is 1. The van der Waals surface area contributed by atoms with Crippen molar-refractivity contribution in [2.45, 2.75) is 64.7 Å². The van der Waals surface area contributed by atoms with Gasteiger partial charge in [0, 0.05) is 0 Å². The second-order valence-corrected chi connectivity index (χ2v) is 6.65. The van der Waals surface area contributed by atoms with Crippen LogP contribution >= 0.6 is 0 Å². The number of halogens is 2. The summed E-state index contributed by atoms with van der Waals surface area (Å²) in [5, 5.41) is 8.76. The largest absolute Gasteiger partial charge is 0.203 e. The Balaban J connectivity index is 2.03. The highest BCUT2D eigenvalue weighted by atomic mass is 19.2. The summed E-state index contributed by atoms with van der Waals surface area (Å²) < 4.78 is 28.0. The number of unbranched alkanes of at least 4 members (excludes halogenated alkanes) is 1. The molecule has 1 aliphatic carbocycles. The van der Waals surface area contributed by atoms with Crippen molar-refractivity contribution in [3.05, 3.63) is 34.9 Å². The van der Waals surface area contributed by atoms with Crippen LogP contribution in [0.25, 0.3) is 0 Å². The molecule has 1 saturated carbocycles. The van der Waals surface area contributed by atoms with Crippen molar-refractivity contribution in [2.24, 2.45) is 11.8 Å². The van der Waals surface area contributed by atoms with E-state index in [1.807, 2.05) is 6.92 Å². The zero-order valence-corrected chi connectivity index (χ0v) is 13.5. The van der Waals surface area contributed by atoms with Gasteiger partial charge in [0.1, 0.15) is 6.07 Å². The molecule has 1 aliphatic rings. The lowest BCUT2D eigenvalue weighted by Gasteiger charge is -2.32. The van der Waals surface area contributed by atoms with Crippen LogP contribution in [0.4, 0.5) is 8.78 Å². The van der Waals surface area contributed by atoms with Crippen LogP contribution in [0.3, 0.4) is 0 Å². The van der Waals surface area contributed by atoms with Crippen molar-refractivity contribution < 1.29 is 8.78 Å². The minimum absolute atomic E-state index is 0.00867. The van der Waals surface area contributed by atoms with E-state index in [1.54, 1.807) is 12.1 Å². The molecule has 2 rings (SSSR count). The van der Waals surface area contributed by atoms with Crippen LogP contribution in [0.15, 0.2) is 12.1 Å². The molecule has 0 heterocycles. The molecule has 1 fully saturated rings. The van der Waals surface area contributed by atoms with E-state index in [0.717, 1.165) is 18.8 Å². The quantitative estimate of drug-likeness (QED) is 0.660. The zero-order chi connectivity index (χ0) is 16.1. The van der Waals surface area contributed by atoms with Crippen molar-refractivity contribution in [3.8, 4) is 6.07 Å².